The second kappa shape index (κ2) is 11.1. The lowest BCUT2D eigenvalue weighted by Crippen LogP contribution is -2.46. The van der Waals surface area contributed by atoms with Gasteiger partial charge in [0.15, 0.2) is 0 Å². The van der Waals surface area contributed by atoms with E-state index in [0.29, 0.717) is 24.3 Å². The molecule has 2 aromatic rings. The van der Waals surface area contributed by atoms with Crippen LogP contribution in [0.4, 0.5) is 15.8 Å². The molecule has 1 aliphatic heterocycles. The summed E-state index contributed by atoms with van der Waals surface area (Å²) in [5, 5.41) is 2.85. The number of benzene rings is 2. The Morgan fingerprint density at radius 1 is 1.03 bits per heavy atom. The predicted octanol–water partition coefficient (Wildman–Crippen LogP) is 3.18. The van der Waals surface area contributed by atoms with Crippen molar-refractivity contribution in [3.8, 4) is 0 Å². The molecular formula is C24H33FN4O3S. The van der Waals surface area contributed by atoms with Gasteiger partial charge in [0.2, 0.25) is 15.9 Å². The Morgan fingerprint density at radius 3 is 2.30 bits per heavy atom. The zero-order chi connectivity index (χ0) is 24.0. The molecule has 0 bridgehead atoms. The van der Waals surface area contributed by atoms with Gasteiger partial charge >= 0.3 is 0 Å². The Kier molecular flexibility index (Phi) is 8.45. The lowest BCUT2D eigenvalue weighted by molar-refractivity contribution is -0.115. The lowest BCUT2D eigenvalue weighted by Gasteiger charge is -2.36. The summed E-state index contributed by atoms with van der Waals surface area (Å²) in [6, 6.07) is 11.0. The molecule has 1 N–H and O–H groups in total. The van der Waals surface area contributed by atoms with Crippen LogP contribution in [0.25, 0.3) is 0 Å². The van der Waals surface area contributed by atoms with Gasteiger partial charge in [-0.2, -0.15) is 4.31 Å². The number of piperazine rings is 1. The molecular weight excluding hydrogens is 443 g/mol. The summed E-state index contributed by atoms with van der Waals surface area (Å²) in [6.45, 7) is 10.7. The molecule has 2 aromatic carbocycles. The molecule has 0 aliphatic carbocycles. The van der Waals surface area contributed by atoms with Crippen LogP contribution in [-0.2, 0) is 21.2 Å². The summed E-state index contributed by atoms with van der Waals surface area (Å²) in [4.78, 5) is 17.4. The van der Waals surface area contributed by atoms with Crippen molar-refractivity contribution in [2.45, 2.75) is 32.1 Å². The minimum atomic E-state index is -3.69. The molecule has 0 aromatic heterocycles. The molecule has 7 nitrogen and oxygen atoms in total. The van der Waals surface area contributed by atoms with Gasteiger partial charge in [0, 0.05) is 39.3 Å². The van der Waals surface area contributed by atoms with Gasteiger partial charge in [-0.05, 0) is 36.4 Å². The SMILES string of the molecule is CCN1CCN(c2ccc(S(=O)(=O)N(CC)CC)cc2NC(=O)Cc2ccccc2F)CC1. The molecule has 3 rings (SSSR count). The van der Waals surface area contributed by atoms with Crippen LogP contribution in [0.1, 0.15) is 26.3 Å². The standard InChI is InChI=1S/C24H33FN4O3S/c1-4-27-13-15-28(16-14-27)23-12-11-20(33(31,32)29(5-2)6-3)18-22(23)26-24(30)17-19-9-7-8-10-21(19)25/h7-12,18H,4-6,13-17H2,1-3H3,(H,26,30). The van der Waals surface area contributed by atoms with Crippen molar-refractivity contribution in [3.05, 3.63) is 53.8 Å². The summed E-state index contributed by atoms with van der Waals surface area (Å²) in [5.41, 5.74) is 1.49. The molecule has 0 saturated carbocycles. The zero-order valence-electron chi connectivity index (χ0n) is 19.6. The van der Waals surface area contributed by atoms with E-state index in [1.165, 1.54) is 16.4 Å². The molecule has 0 unspecified atom stereocenters. The van der Waals surface area contributed by atoms with Crippen LogP contribution in [-0.4, -0.2) is 69.3 Å². The number of nitrogens with zero attached hydrogens (tertiary/aromatic N) is 3. The van der Waals surface area contributed by atoms with E-state index >= 15 is 0 Å². The van der Waals surface area contributed by atoms with Crippen LogP contribution in [0.3, 0.4) is 0 Å². The largest absolute Gasteiger partial charge is 0.367 e. The monoisotopic (exact) mass is 476 g/mol. The molecule has 180 valence electrons. The highest BCUT2D eigenvalue weighted by atomic mass is 32.2. The van der Waals surface area contributed by atoms with Crippen molar-refractivity contribution in [3.63, 3.8) is 0 Å². The Balaban J connectivity index is 1.93. The Bertz CT molecular complexity index is 1070. The number of amides is 1. The van der Waals surface area contributed by atoms with Crippen LogP contribution in [0.5, 0.6) is 0 Å². The zero-order valence-corrected chi connectivity index (χ0v) is 20.4. The summed E-state index contributed by atoms with van der Waals surface area (Å²) >= 11 is 0. The minimum Gasteiger partial charge on any atom is -0.367 e. The average molecular weight is 477 g/mol. The van der Waals surface area contributed by atoms with E-state index in [1.807, 2.05) is 0 Å². The Labute approximate surface area is 196 Å². The highest BCUT2D eigenvalue weighted by molar-refractivity contribution is 7.89. The first-order valence-corrected chi connectivity index (χ1v) is 12.9. The number of carbonyl (C=O) groups is 1. The summed E-state index contributed by atoms with van der Waals surface area (Å²) in [7, 11) is -3.69. The van der Waals surface area contributed by atoms with Crippen LogP contribution < -0.4 is 10.2 Å². The van der Waals surface area contributed by atoms with Crippen molar-refractivity contribution < 1.29 is 17.6 Å². The van der Waals surface area contributed by atoms with Gasteiger partial charge < -0.3 is 15.1 Å². The van der Waals surface area contributed by atoms with E-state index < -0.39 is 21.7 Å². The minimum absolute atomic E-state index is 0.128. The van der Waals surface area contributed by atoms with Gasteiger partial charge in [0.05, 0.1) is 22.7 Å². The average Bonchev–Trinajstić information content (AvgIpc) is 2.81. The maximum absolute atomic E-state index is 14.0. The van der Waals surface area contributed by atoms with Gasteiger partial charge in [0.25, 0.3) is 0 Å². The van der Waals surface area contributed by atoms with E-state index in [9.17, 15) is 17.6 Å². The Hall–Kier alpha value is -2.49. The fourth-order valence-corrected chi connectivity index (χ4v) is 5.56. The number of sulfonamides is 1. The van der Waals surface area contributed by atoms with E-state index in [4.69, 9.17) is 0 Å². The lowest BCUT2D eigenvalue weighted by atomic mass is 10.1. The number of rotatable bonds is 9. The normalized spacial score (nSPS) is 15.1. The smallest absolute Gasteiger partial charge is 0.243 e. The van der Waals surface area contributed by atoms with Crippen LogP contribution >= 0.6 is 0 Å². The van der Waals surface area contributed by atoms with E-state index in [0.717, 1.165) is 38.4 Å². The maximum atomic E-state index is 14.0. The summed E-state index contributed by atoms with van der Waals surface area (Å²) < 4.78 is 41.6. The Morgan fingerprint density at radius 2 is 1.70 bits per heavy atom. The molecule has 9 heteroatoms. The third-order valence-corrected chi connectivity index (χ3v) is 8.10. The molecule has 1 fully saturated rings. The van der Waals surface area contributed by atoms with Gasteiger partial charge in [-0.1, -0.05) is 39.0 Å². The van der Waals surface area contributed by atoms with Gasteiger partial charge in [0.1, 0.15) is 5.82 Å². The quantitative estimate of drug-likeness (QED) is 0.602. The molecule has 0 atom stereocenters. The van der Waals surface area contributed by atoms with E-state index in [-0.39, 0.29) is 11.3 Å². The van der Waals surface area contributed by atoms with Gasteiger partial charge in [-0.15, -0.1) is 0 Å². The number of likely N-dealkylation sites (N-methyl/N-ethyl adjacent to an activating group) is 1. The molecule has 33 heavy (non-hydrogen) atoms. The molecule has 0 radical (unpaired) electrons. The van der Waals surface area contributed by atoms with Crippen molar-refractivity contribution >= 4 is 27.3 Å². The topological polar surface area (TPSA) is 73.0 Å². The number of nitrogens with one attached hydrogen (secondary N) is 1. The number of halogens is 1. The second-order valence-corrected chi connectivity index (χ2v) is 9.94. The van der Waals surface area contributed by atoms with Crippen molar-refractivity contribution in [1.29, 1.82) is 0 Å². The first kappa shape index (κ1) is 25.1. The van der Waals surface area contributed by atoms with Gasteiger partial charge in [-0.3, -0.25) is 4.79 Å². The fourth-order valence-electron chi connectivity index (χ4n) is 4.08. The molecule has 0 spiro atoms. The van der Waals surface area contributed by atoms with Crippen LogP contribution in [0.2, 0.25) is 0 Å². The summed E-state index contributed by atoms with van der Waals surface area (Å²) in [5.74, 6) is -0.840. The number of hydrogen-bond acceptors (Lipinski definition) is 5. The number of anilines is 2. The predicted molar refractivity (Wildman–Crippen MR) is 130 cm³/mol. The molecule has 1 amide bonds. The van der Waals surface area contributed by atoms with Crippen LogP contribution in [0, 0.1) is 5.82 Å². The first-order valence-electron chi connectivity index (χ1n) is 11.4. The maximum Gasteiger partial charge on any atom is 0.243 e. The van der Waals surface area contributed by atoms with E-state index in [1.54, 1.807) is 44.2 Å². The van der Waals surface area contributed by atoms with Crippen LogP contribution in [0.15, 0.2) is 47.4 Å². The second-order valence-electron chi connectivity index (χ2n) is 8.01. The highest BCUT2D eigenvalue weighted by Gasteiger charge is 2.25. The third-order valence-electron chi connectivity index (χ3n) is 6.05. The van der Waals surface area contributed by atoms with E-state index in [2.05, 4.69) is 22.0 Å². The van der Waals surface area contributed by atoms with Gasteiger partial charge in [-0.25, -0.2) is 12.8 Å². The number of hydrogen-bond donors (Lipinski definition) is 1. The van der Waals surface area contributed by atoms with Crippen molar-refractivity contribution in [1.82, 2.24) is 9.21 Å². The molecule has 1 heterocycles. The third kappa shape index (κ3) is 5.90. The summed E-state index contributed by atoms with van der Waals surface area (Å²) in [6.07, 6.45) is -0.136. The highest BCUT2D eigenvalue weighted by Crippen LogP contribution is 2.31. The fraction of sp³-hybridized carbons (Fsp3) is 0.458. The molecule has 1 aliphatic rings. The molecule has 1 saturated heterocycles. The van der Waals surface area contributed by atoms with Crippen molar-refractivity contribution in [2.75, 3.05) is 56.0 Å². The number of carbonyl (C=O) groups excluding carboxylic acids is 1. The first-order chi connectivity index (χ1) is 15.8. The van der Waals surface area contributed by atoms with Crippen molar-refractivity contribution in [2.24, 2.45) is 0 Å².